The van der Waals surface area contributed by atoms with Gasteiger partial charge in [-0.05, 0) is 33.6 Å². The van der Waals surface area contributed by atoms with Gasteiger partial charge in [-0.2, -0.15) is 0 Å². The molecule has 0 spiro atoms. The zero-order valence-corrected chi connectivity index (χ0v) is 14.1. The summed E-state index contributed by atoms with van der Waals surface area (Å²) in [5, 5.41) is 2.78. The van der Waals surface area contributed by atoms with Crippen molar-refractivity contribution in [3.05, 3.63) is 0 Å². The van der Waals surface area contributed by atoms with Gasteiger partial charge < -0.3 is 10.9 Å². The van der Waals surface area contributed by atoms with Crippen LogP contribution in [-0.2, 0) is 14.3 Å². The summed E-state index contributed by atoms with van der Waals surface area (Å²) in [7, 11) is 0. The first-order valence-corrected chi connectivity index (χ1v) is 7.43. The number of amides is 1. The van der Waals surface area contributed by atoms with E-state index in [-0.39, 0.29) is 26.3 Å². The third-order valence-electron chi connectivity index (χ3n) is 3.23. The molecule has 0 aromatic rings. The summed E-state index contributed by atoms with van der Waals surface area (Å²) in [6.07, 6.45) is 6.02. The zero-order valence-electron chi connectivity index (χ0n) is 15.1. The molecular weight excluding hydrogens is 265 g/mol. The Balaban J connectivity index is 0. The molecule has 0 saturated heterocycles. The van der Waals surface area contributed by atoms with Crippen LogP contribution in [0.2, 0.25) is 0 Å². The fraction of sp³-hybridized carbons (Fsp3) is 0.867. The topological polar surface area (TPSA) is 64.6 Å². The maximum atomic E-state index is 12.0. The number of ether oxygens (including phenoxy) is 2. The Morgan fingerprint density at radius 3 is 1.95 bits per heavy atom. The van der Waals surface area contributed by atoms with Gasteiger partial charge in [-0.15, -0.1) is 0 Å². The van der Waals surface area contributed by atoms with Crippen LogP contribution < -0.4 is 24.2 Å². The summed E-state index contributed by atoms with van der Waals surface area (Å²) in [4.78, 5) is 23.4. The fourth-order valence-electron chi connectivity index (χ4n) is 2.49. The van der Waals surface area contributed by atoms with Crippen LogP contribution in [0, 0.1) is 0 Å². The van der Waals surface area contributed by atoms with E-state index in [1.54, 1.807) is 0 Å². The van der Waals surface area contributed by atoms with Crippen LogP contribution in [0.25, 0.3) is 0 Å². The standard InChI is InChI=1S/C15H27NO4.Li.H/c1-12(17)19-15(10-8-6-5-7-9-11-15)16-13(18)20-14(2,3)4;;/h5-11H2,1-4H3,(H,16,18);;/q;+1;-1. The largest absolute Gasteiger partial charge is 1.00 e. The van der Waals surface area contributed by atoms with E-state index in [9.17, 15) is 9.59 Å². The summed E-state index contributed by atoms with van der Waals surface area (Å²) >= 11 is 0. The molecule has 21 heavy (non-hydrogen) atoms. The molecule has 0 aromatic carbocycles. The van der Waals surface area contributed by atoms with Gasteiger partial charge in [-0.1, -0.05) is 19.3 Å². The molecule has 0 aliphatic heterocycles. The van der Waals surface area contributed by atoms with Crippen LogP contribution in [-0.4, -0.2) is 23.4 Å². The predicted molar refractivity (Wildman–Crippen MR) is 77.3 cm³/mol. The van der Waals surface area contributed by atoms with Crippen molar-refractivity contribution in [3.63, 3.8) is 0 Å². The minimum Gasteiger partial charge on any atom is -1.00 e. The van der Waals surface area contributed by atoms with Crippen molar-refractivity contribution >= 4 is 12.1 Å². The number of rotatable bonds is 2. The molecule has 0 aromatic heterocycles. The minimum absolute atomic E-state index is 0. The van der Waals surface area contributed by atoms with Gasteiger partial charge >= 0.3 is 30.9 Å². The number of alkyl carbamates (subject to hydrolysis) is 1. The maximum Gasteiger partial charge on any atom is 1.00 e. The average Bonchev–Trinajstić information content (AvgIpc) is 2.20. The number of nitrogens with one attached hydrogen (secondary N) is 1. The summed E-state index contributed by atoms with van der Waals surface area (Å²) in [5.41, 5.74) is -1.47. The first-order chi connectivity index (χ1) is 9.22. The summed E-state index contributed by atoms with van der Waals surface area (Å²) in [6, 6.07) is 0. The smallest absolute Gasteiger partial charge is 1.00 e. The molecule has 6 heteroatoms. The van der Waals surface area contributed by atoms with Crippen molar-refractivity contribution in [2.45, 2.75) is 84.0 Å². The van der Waals surface area contributed by atoms with Gasteiger partial charge in [0.1, 0.15) is 5.60 Å². The van der Waals surface area contributed by atoms with Crippen LogP contribution in [0.1, 0.15) is 74.1 Å². The third-order valence-corrected chi connectivity index (χ3v) is 3.23. The Kier molecular flexibility index (Phi) is 8.43. The van der Waals surface area contributed by atoms with E-state index in [0.29, 0.717) is 12.8 Å². The molecule has 1 rings (SSSR count). The van der Waals surface area contributed by atoms with E-state index in [1.807, 2.05) is 20.8 Å². The number of carbonyl (C=O) groups excluding carboxylic acids is 2. The number of esters is 1. The normalized spacial score (nSPS) is 18.5. The van der Waals surface area contributed by atoms with Crippen molar-refractivity contribution in [2.75, 3.05) is 0 Å². The second-order valence-corrected chi connectivity index (χ2v) is 6.48. The first kappa shape index (κ1) is 20.3. The molecule has 1 fully saturated rings. The van der Waals surface area contributed by atoms with E-state index in [0.717, 1.165) is 25.7 Å². The van der Waals surface area contributed by atoms with Crippen molar-refractivity contribution in [3.8, 4) is 0 Å². The van der Waals surface area contributed by atoms with Crippen LogP contribution in [0.3, 0.4) is 0 Å². The van der Waals surface area contributed by atoms with Crippen LogP contribution in [0.5, 0.6) is 0 Å². The summed E-state index contributed by atoms with van der Waals surface area (Å²) < 4.78 is 10.7. The van der Waals surface area contributed by atoms with Gasteiger partial charge in [0, 0.05) is 19.8 Å². The van der Waals surface area contributed by atoms with E-state index in [1.165, 1.54) is 13.3 Å². The van der Waals surface area contributed by atoms with Gasteiger partial charge in [0.05, 0.1) is 0 Å². The molecule has 0 unspecified atom stereocenters. The third kappa shape index (κ3) is 8.38. The SMILES string of the molecule is CC(=O)OC1(NC(=O)OC(C)(C)C)CCCCCCC1.[H-].[Li+]. The minimum atomic E-state index is -0.908. The molecule has 1 amide bonds. The van der Waals surface area contributed by atoms with Crippen molar-refractivity contribution in [1.82, 2.24) is 5.32 Å². The molecule has 118 valence electrons. The molecule has 5 nitrogen and oxygen atoms in total. The Bertz CT molecular complexity index is 350. The van der Waals surface area contributed by atoms with Gasteiger partial charge in [0.2, 0.25) is 0 Å². The zero-order chi connectivity index (χ0) is 15.2. The Hall–Kier alpha value is -0.663. The summed E-state index contributed by atoms with van der Waals surface area (Å²) in [5.74, 6) is -0.373. The van der Waals surface area contributed by atoms with Crippen LogP contribution >= 0.6 is 0 Å². The van der Waals surface area contributed by atoms with Crippen molar-refractivity contribution in [1.29, 1.82) is 0 Å². The Labute approximate surface area is 141 Å². The second kappa shape index (κ2) is 8.70. The molecule has 0 heterocycles. The fourth-order valence-corrected chi connectivity index (χ4v) is 2.49. The molecule has 1 aliphatic carbocycles. The van der Waals surface area contributed by atoms with Gasteiger partial charge in [0.15, 0.2) is 5.72 Å². The molecular formula is C15H28LiNO4. The molecule has 0 bridgehead atoms. The number of carbonyl (C=O) groups is 2. The van der Waals surface area contributed by atoms with Crippen molar-refractivity contribution < 1.29 is 39.4 Å². The molecule has 0 radical (unpaired) electrons. The first-order valence-electron chi connectivity index (χ1n) is 7.43. The quantitative estimate of drug-likeness (QED) is 0.461. The molecule has 0 atom stereocenters. The van der Waals surface area contributed by atoms with Gasteiger partial charge in [0.25, 0.3) is 0 Å². The number of hydrogen-bond donors (Lipinski definition) is 1. The maximum absolute atomic E-state index is 12.0. The van der Waals surface area contributed by atoms with Gasteiger partial charge in [-0.3, -0.25) is 10.1 Å². The van der Waals surface area contributed by atoms with Gasteiger partial charge in [-0.25, -0.2) is 4.79 Å². The molecule has 1 aliphatic rings. The second-order valence-electron chi connectivity index (χ2n) is 6.48. The van der Waals surface area contributed by atoms with E-state index >= 15 is 0 Å². The van der Waals surface area contributed by atoms with E-state index in [2.05, 4.69) is 5.32 Å². The monoisotopic (exact) mass is 293 g/mol. The van der Waals surface area contributed by atoms with E-state index < -0.39 is 17.4 Å². The van der Waals surface area contributed by atoms with Crippen LogP contribution in [0.4, 0.5) is 4.79 Å². The van der Waals surface area contributed by atoms with E-state index in [4.69, 9.17) is 9.47 Å². The molecule has 1 N–H and O–H groups in total. The average molecular weight is 293 g/mol. The van der Waals surface area contributed by atoms with Crippen molar-refractivity contribution in [2.24, 2.45) is 0 Å². The Morgan fingerprint density at radius 1 is 1.05 bits per heavy atom. The predicted octanol–water partition coefficient (Wildman–Crippen LogP) is 0.631. The Morgan fingerprint density at radius 2 is 1.52 bits per heavy atom. The van der Waals surface area contributed by atoms with Crippen LogP contribution in [0.15, 0.2) is 0 Å². The molecule has 1 saturated carbocycles. The summed E-state index contributed by atoms with van der Waals surface area (Å²) in [6.45, 7) is 6.80. The number of hydrogen-bond acceptors (Lipinski definition) is 4.